The molecule has 1 fully saturated rings. The van der Waals surface area contributed by atoms with Crippen LogP contribution in [0.5, 0.6) is 0 Å². The van der Waals surface area contributed by atoms with Crippen molar-refractivity contribution in [2.24, 2.45) is 0 Å². The number of rotatable bonds is 4. The molecule has 0 aliphatic carbocycles. The van der Waals surface area contributed by atoms with Crippen molar-refractivity contribution >= 4 is 33.2 Å². The maximum atomic E-state index is 11.9. The second-order valence-corrected chi connectivity index (χ2v) is 5.51. The SMILES string of the molecule is O=C1CCCN1c1ccccc1NCc1ccc(Br)o1. The summed E-state index contributed by atoms with van der Waals surface area (Å²) in [5.41, 5.74) is 1.90. The van der Waals surface area contributed by atoms with Gasteiger partial charge in [-0.2, -0.15) is 0 Å². The number of hydrogen-bond donors (Lipinski definition) is 1. The number of nitrogens with one attached hydrogen (secondary N) is 1. The number of amides is 1. The van der Waals surface area contributed by atoms with Crippen molar-refractivity contribution in [1.29, 1.82) is 0 Å². The van der Waals surface area contributed by atoms with Gasteiger partial charge >= 0.3 is 0 Å². The minimum atomic E-state index is 0.194. The lowest BCUT2D eigenvalue weighted by Gasteiger charge is -2.20. The highest BCUT2D eigenvalue weighted by Crippen LogP contribution is 2.29. The van der Waals surface area contributed by atoms with Crippen LogP contribution in [0.1, 0.15) is 18.6 Å². The van der Waals surface area contributed by atoms with Crippen LogP contribution in [-0.4, -0.2) is 12.5 Å². The fourth-order valence-corrected chi connectivity index (χ4v) is 2.73. The van der Waals surface area contributed by atoms with Gasteiger partial charge in [-0.05, 0) is 46.6 Å². The van der Waals surface area contributed by atoms with Gasteiger partial charge in [0, 0.05) is 13.0 Å². The minimum absolute atomic E-state index is 0.194. The summed E-state index contributed by atoms with van der Waals surface area (Å²) in [7, 11) is 0. The maximum absolute atomic E-state index is 11.9. The van der Waals surface area contributed by atoms with Gasteiger partial charge < -0.3 is 14.6 Å². The van der Waals surface area contributed by atoms with Gasteiger partial charge in [0.1, 0.15) is 5.76 Å². The highest BCUT2D eigenvalue weighted by atomic mass is 79.9. The predicted molar refractivity (Wildman–Crippen MR) is 81.8 cm³/mol. The van der Waals surface area contributed by atoms with Crippen molar-refractivity contribution in [3.63, 3.8) is 0 Å². The molecule has 2 aromatic rings. The second-order valence-electron chi connectivity index (χ2n) is 4.73. The van der Waals surface area contributed by atoms with Gasteiger partial charge in [0.15, 0.2) is 4.67 Å². The molecular weight excluding hydrogens is 320 g/mol. The summed E-state index contributed by atoms with van der Waals surface area (Å²) < 4.78 is 6.19. The van der Waals surface area contributed by atoms with Crippen LogP contribution in [0.15, 0.2) is 45.5 Å². The maximum Gasteiger partial charge on any atom is 0.227 e. The third-order valence-electron chi connectivity index (χ3n) is 3.35. The Kier molecular flexibility index (Phi) is 3.78. The molecule has 1 saturated heterocycles. The second kappa shape index (κ2) is 5.71. The molecule has 20 heavy (non-hydrogen) atoms. The summed E-state index contributed by atoms with van der Waals surface area (Å²) >= 11 is 3.29. The van der Waals surface area contributed by atoms with Crippen molar-refractivity contribution < 1.29 is 9.21 Å². The monoisotopic (exact) mass is 334 g/mol. The summed E-state index contributed by atoms with van der Waals surface area (Å²) in [5.74, 6) is 1.04. The highest BCUT2D eigenvalue weighted by molar-refractivity contribution is 9.10. The molecule has 0 radical (unpaired) electrons. The zero-order valence-corrected chi connectivity index (χ0v) is 12.5. The molecule has 104 valence electrons. The molecule has 0 bridgehead atoms. The van der Waals surface area contributed by atoms with Crippen LogP contribution in [0.3, 0.4) is 0 Å². The Balaban J connectivity index is 1.77. The number of anilines is 2. The summed E-state index contributed by atoms with van der Waals surface area (Å²) in [4.78, 5) is 13.7. The molecule has 2 heterocycles. The molecule has 1 aromatic carbocycles. The number of furan rings is 1. The van der Waals surface area contributed by atoms with Crippen LogP contribution >= 0.6 is 15.9 Å². The van der Waals surface area contributed by atoms with Gasteiger partial charge in [-0.25, -0.2) is 0 Å². The zero-order valence-electron chi connectivity index (χ0n) is 10.9. The number of halogens is 1. The third kappa shape index (κ3) is 2.72. The molecule has 3 rings (SSSR count). The van der Waals surface area contributed by atoms with E-state index in [4.69, 9.17) is 4.42 Å². The van der Waals surface area contributed by atoms with Crippen LogP contribution in [0.25, 0.3) is 0 Å². The van der Waals surface area contributed by atoms with E-state index in [1.807, 2.05) is 41.3 Å². The number of para-hydroxylation sites is 2. The van der Waals surface area contributed by atoms with E-state index < -0.39 is 0 Å². The van der Waals surface area contributed by atoms with Gasteiger partial charge in [-0.15, -0.1) is 0 Å². The smallest absolute Gasteiger partial charge is 0.227 e. The fraction of sp³-hybridized carbons (Fsp3) is 0.267. The summed E-state index contributed by atoms with van der Waals surface area (Å²) in [5, 5.41) is 3.33. The number of benzene rings is 1. The van der Waals surface area contributed by atoms with Crippen molar-refractivity contribution in [2.45, 2.75) is 19.4 Å². The van der Waals surface area contributed by atoms with E-state index in [9.17, 15) is 4.79 Å². The van der Waals surface area contributed by atoms with Crippen LogP contribution < -0.4 is 10.2 Å². The molecule has 5 heteroatoms. The summed E-state index contributed by atoms with van der Waals surface area (Å²) in [6, 6.07) is 11.7. The van der Waals surface area contributed by atoms with Crippen molar-refractivity contribution in [2.75, 3.05) is 16.8 Å². The van der Waals surface area contributed by atoms with Crippen LogP contribution in [0, 0.1) is 0 Å². The Labute approximate surface area is 125 Å². The number of carbonyl (C=O) groups excluding carboxylic acids is 1. The normalized spacial score (nSPS) is 14.8. The predicted octanol–water partition coefficient (Wildman–Crippen LogP) is 3.78. The van der Waals surface area contributed by atoms with Crippen LogP contribution in [0.4, 0.5) is 11.4 Å². The average Bonchev–Trinajstić information content (AvgIpc) is 3.05. The summed E-state index contributed by atoms with van der Waals surface area (Å²) in [6.45, 7) is 1.38. The Morgan fingerprint density at radius 2 is 2.10 bits per heavy atom. The van der Waals surface area contributed by atoms with Crippen molar-refractivity contribution in [3.8, 4) is 0 Å². The van der Waals surface area contributed by atoms with E-state index in [0.717, 1.165) is 34.8 Å². The molecule has 0 saturated carbocycles. The van der Waals surface area contributed by atoms with E-state index in [2.05, 4.69) is 21.2 Å². The first-order valence-corrected chi connectivity index (χ1v) is 7.41. The fourth-order valence-electron chi connectivity index (χ4n) is 2.39. The quantitative estimate of drug-likeness (QED) is 0.925. The van der Waals surface area contributed by atoms with E-state index in [1.165, 1.54) is 0 Å². The topological polar surface area (TPSA) is 45.5 Å². The highest BCUT2D eigenvalue weighted by Gasteiger charge is 2.23. The standard InChI is InChI=1S/C15H15BrN2O2/c16-14-8-7-11(20-14)10-17-12-4-1-2-5-13(12)18-9-3-6-15(18)19/h1-2,4-5,7-8,17H,3,6,9-10H2. The third-order valence-corrected chi connectivity index (χ3v) is 3.78. The van der Waals surface area contributed by atoms with E-state index >= 15 is 0 Å². The molecule has 0 unspecified atom stereocenters. The van der Waals surface area contributed by atoms with Gasteiger partial charge in [-0.3, -0.25) is 4.79 Å². The van der Waals surface area contributed by atoms with E-state index in [0.29, 0.717) is 13.0 Å². The molecular formula is C15H15BrN2O2. The molecule has 1 aliphatic rings. The minimum Gasteiger partial charge on any atom is -0.452 e. The number of hydrogen-bond acceptors (Lipinski definition) is 3. The van der Waals surface area contributed by atoms with Crippen molar-refractivity contribution in [3.05, 3.63) is 46.8 Å². The molecule has 1 aromatic heterocycles. The Morgan fingerprint density at radius 1 is 1.25 bits per heavy atom. The first-order valence-electron chi connectivity index (χ1n) is 6.61. The molecule has 0 spiro atoms. The van der Waals surface area contributed by atoms with Gasteiger partial charge in [0.2, 0.25) is 5.91 Å². The van der Waals surface area contributed by atoms with Gasteiger partial charge in [0.25, 0.3) is 0 Å². The van der Waals surface area contributed by atoms with Crippen LogP contribution in [0.2, 0.25) is 0 Å². The van der Waals surface area contributed by atoms with Crippen LogP contribution in [-0.2, 0) is 11.3 Å². The first kappa shape index (κ1) is 13.2. The van der Waals surface area contributed by atoms with Gasteiger partial charge in [-0.1, -0.05) is 12.1 Å². The van der Waals surface area contributed by atoms with Gasteiger partial charge in [0.05, 0.1) is 17.9 Å². The number of carbonyl (C=O) groups is 1. The molecule has 0 atom stereocenters. The largest absolute Gasteiger partial charge is 0.452 e. The molecule has 1 amide bonds. The average molecular weight is 335 g/mol. The lowest BCUT2D eigenvalue weighted by atomic mass is 10.2. The zero-order chi connectivity index (χ0) is 13.9. The molecule has 1 N–H and O–H groups in total. The lowest BCUT2D eigenvalue weighted by molar-refractivity contribution is -0.117. The lowest BCUT2D eigenvalue weighted by Crippen LogP contribution is -2.24. The molecule has 1 aliphatic heterocycles. The Morgan fingerprint density at radius 3 is 2.80 bits per heavy atom. The number of nitrogens with zero attached hydrogens (tertiary/aromatic N) is 1. The molecule has 4 nitrogen and oxygen atoms in total. The Hall–Kier alpha value is -1.75. The van der Waals surface area contributed by atoms with E-state index in [-0.39, 0.29) is 5.91 Å². The van der Waals surface area contributed by atoms with Crippen molar-refractivity contribution in [1.82, 2.24) is 0 Å². The first-order chi connectivity index (χ1) is 9.74. The van der Waals surface area contributed by atoms with E-state index in [1.54, 1.807) is 0 Å². The Bertz CT molecular complexity index is 624. The summed E-state index contributed by atoms with van der Waals surface area (Å²) in [6.07, 6.45) is 1.57.